The monoisotopic (exact) mass is 1130 g/mol. The molecule has 0 saturated heterocycles. The average molecular weight is 1130 g/mol. The highest BCUT2D eigenvalue weighted by atomic mass is 31.2. The molecule has 0 amide bonds. The lowest BCUT2D eigenvalue weighted by Crippen LogP contribution is -2.29. The number of nitrogens with two attached hydrogens (primary N) is 1. The van der Waals surface area contributed by atoms with Crippen molar-refractivity contribution in [3.05, 3.63) is 36.5 Å². The maximum absolute atomic E-state index is 12.8. The summed E-state index contributed by atoms with van der Waals surface area (Å²) in [5.41, 5.74) is 5.40. The molecule has 0 radical (unpaired) electrons. The Labute approximate surface area is 490 Å². The Morgan fingerprint density at radius 1 is 0.380 bits per heavy atom. The van der Waals surface area contributed by atoms with Crippen LogP contribution in [0.25, 0.3) is 0 Å². The highest BCUT2D eigenvalue weighted by Gasteiger charge is 2.26. The third-order valence-electron chi connectivity index (χ3n) is 15.5. The first-order valence-electron chi connectivity index (χ1n) is 34.5. The van der Waals surface area contributed by atoms with Crippen molar-refractivity contribution in [1.82, 2.24) is 0 Å². The van der Waals surface area contributed by atoms with Crippen LogP contribution >= 0.6 is 7.82 Å². The van der Waals surface area contributed by atoms with Crippen molar-refractivity contribution in [1.29, 1.82) is 0 Å². The summed E-state index contributed by atoms with van der Waals surface area (Å²) in [6.45, 7) is 3.80. The van der Waals surface area contributed by atoms with Gasteiger partial charge >= 0.3 is 19.8 Å². The van der Waals surface area contributed by atoms with E-state index in [1.807, 2.05) is 0 Å². The van der Waals surface area contributed by atoms with Gasteiger partial charge in [0, 0.05) is 19.4 Å². The molecule has 10 heteroatoms. The Balaban J connectivity index is 3.83. The van der Waals surface area contributed by atoms with Crippen molar-refractivity contribution in [2.24, 2.45) is 5.73 Å². The molecule has 0 heterocycles. The fourth-order valence-electron chi connectivity index (χ4n) is 10.4. The Hall–Kier alpha value is -1.77. The van der Waals surface area contributed by atoms with Gasteiger partial charge in [-0.1, -0.05) is 314 Å². The van der Waals surface area contributed by atoms with Crippen molar-refractivity contribution in [3.8, 4) is 0 Å². The molecule has 2 atom stereocenters. The Bertz CT molecular complexity index is 1390. The smallest absolute Gasteiger partial charge is 0.462 e. The number of hydrogen-bond donors (Lipinski definition) is 2. The molecule has 0 aromatic heterocycles. The molecule has 0 aromatic rings. The van der Waals surface area contributed by atoms with Gasteiger partial charge in [-0.3, -0.25) is 18.6 Å². The van der Waals surface area contributed by atoms with E-state index in [0.29, 0.717) is 6.42 Å². The number of ether oxygens (including phenoxy) is 2. The van der Waals surface area contributed by atoms with E-state index in [-0.39, 0.29) is 38.6 Å². The lowest BCUT2D eigenvalue weighted by atomic mass is 10.0. The van der Waals surface area contributed by atoms with Gasteiger partial charge in [0.1, 0.15) is 6.61 Å². The largest absolute Gasteiger partial charge is 0.472 e. The minimum absolute atomic E-state index is 0.0558. The minimum Gasteiger partial charge on any atom is -0.462 e. The standard InChI is InChI=1S/C69H132NO8P/c1-3-5-7-9-11-13-15-17-19-21-23-25-27-29-30-31-32-33-34-35-36-38-40-42-44-46-48-50-52-54-56-58-60-62-69(72)78-67(66-77-79(73,74)76-64-63-70)65-75-68(71)61-59-57-55-53-51-49-47-45-43-41-39-37-28-26-24-22-20-18-16-14-12-10-8-6-4-2/h15,17,21-24,67H,3-14,16,18-20,25-66,70H2,1-2H3,(H,73,74)/b17-15-,23-21-,24-22-. The topological polar surface area (TPSA) is 134 Å². The summed E-state index contributed by atoms with van der Waals surface area (Å²) < 4.78 is 33.2. The number of phosphoric acid groups is 1. The predicted octanol–water partition coefficient (Wildman–Crippen LogP) is 22.3. The summed E-state index contributed by atoms with van der Waals surface area (Å²) in [6.07, 6.45) is 81.0. The van der Waals surface area contributed by atoms with Crippen LogP contribution in [0.4, 0.5) is 0 Å². The van der Waals surface area contributed by atoms with E-state index >= 15 is 0 Å². The summed E-state index contributed by atoms with van der Waals surface area (Å²) >= 11 is 0. The van der Waals surface area contributed by atoms with E-state index in [1.54, 1.807) is 0 Å². The van der Waals surface area contributed by atoms with Crippen LogP contribution in [0.1, 0.15) is 361 Å². The van der Waals surface area contributed by atoms with Crippen LogP contribution in [-0.4, -0.2) is 49.3 Å². The predicted molar refractivity (Wildman–Crippen MR) is 340 cm³/mol. The molecule has 9 nitrogen and oxygen atoms in total. The van der Waals surface area contributed by atoms with Gasteiger partial charge in [-0.25, -0.2) is 4.57 Å². The quantitative estimate of drug-likeness (QED) is 0.0264. The van der Waals surface area contributed by atoms with Gasteiger partial charge in [0.2, 0.25) is 0 Å². The minimum atomic E-state index is -4.39. The molecule has 0 aliphatic carbocycles. The van der Waals surface area contributed by atoms with Gasteiger partial charge in [-0.05, 0) is 70.6 Å². The zero-order valence-electron chi connectivity index (χ0n) is 52.4. The number of carbonyl (C=O) groups is 2. The van der Waals surface area contributed by atoms with Gasteiger partial charge in [-0.15, -0.1) is 0 Å². The second kappa shape index (κ2) is 65.4. The van der Waals surface area contributed by atoms with E-state index in [2.05, 4.69) is 50.3 Å². The first kappa shape index (κ1) is 77.2. The first-order valence-corrected chi connectivity index (χ1v) is 36.0. The normalized spacial score (nSPS) is 13.1. The van der Waals surface area contributed by atoms with Gasteiger partial charge in [0.25, 0.3) is 0 Å². The zero-order chi connectivity index (χ0) is 57.3. The third-order valence-corrected chi connectivity index (χ3v) is 16.5. The third kappa shape index (κ3) is 65.3. The second-order valence-corrected chi connectivity index (χ2v) is 24.8. The number of rotatable bonds is 66. The van der Waals surface area contributed by atoms with E-state index in [1.165, 1.54) is 289 Å². The molecular weight excluding hydrogens is 1000 g/mol. The van der Waals surface area contributed by atoms with Crippen molar-refractivity contribution < 1.29 is 37.6 Å². The number of phosphoric ester groups is 1. The summed E-state index contributed by atoms with van der Waals surface area (Å²) in [5, 5.41) is 0. The van der Waals surface area contributed by atoms with Crippen molar-refractivity contribution in [2.75, 3.05) is 26.4 Å². The maximum atomic E-state index is 12.8. The molecule has 3 N–H and O–H groups in total. The first-order chi connectivity index (χ1) is 38.8. The second-order valence-electron chi connectivity index (χ2n) is 23.4. The van der Waals surface area contributed by atoms with Crippen LogP contribution in [0.5, 0.6) is 0 Å². The van der Waals surface area contributed by atoms with Crippen LogP contribution in [0, 0.1) is 0 Å². The molecule has 0 aromatic carbocycles. The van der Waals surface area contributed by atoms with E-state index in [9.17, 15) is 19.0 Å². The Kier molecular flexibility index (Phi) is 63.9. The molecule has 2 unspecified atom stereocenters. The summed E-state index contributed by atoms with van der Waals surface area (Å²) in [4.78, 5) is 35.3. The van der Waals surface area contributed by atoms with Crippen LogP contribution in [0.2, 0.25) is 0 Å². The SMILES string of the molecule is CCCCCCC/C=C\C/C=C\CCCCCCCCCCCCCCCCCCCCCCCC(=O)OC(COC(=O)CCCCCCCCCCCCCCC/C=C\CCCCCCCCCC)COP(=O)(O)OCCN. The fourth-order valence-corrected chi connectivity index (χ4v) is 11.1. The van der Waals surface area contributed by atoms with Crippen molar-refractivity contribution in [2.45, 2.75) is 367 Å². The number of allylic oxidation sites excluding steroid dienone is 6. The molecule has 0 bridgehead atoms. The van der Waals surface area contributed by atoms with Crippen LogP contribution < -0.4 is 5.73 Å². The molecule has 466 valence electrons. The Morgan fingerprint density at radius 2 is 0.658 bits per heavy atom. The molecular formula is C69H132NO8P. The van der Waals surface area contributed by atoms with Crippen molar-refractivity contribution >= 4 is 19.8 Å². The number of esters is 2. The van der Waals surface area contributed by atoms with Crippen LogP contribution in [0.15, 0.2) is 36.5 Å². The molecule has 79 heavy (non-hydrogen) atoms. The average Bonchev–Trinajstić information content (AvgIpc) is 3.44. The molecule has 0 rings (SSSR count). The fraction of sp³-hybridized carbons (Fsp3) is 0.884. The van der Waals surface area contributed by atoms with E-state index in [0.717, 1.165) is 38.5 Å². The molecule has 0 spiro atoms. The highest BCUT2D eigenvalue weighted by molar-refractivity contribution is 7.47. The molecule has 0 saturated carbocycles. The van der Waals surface area contributed by atoms with Crippen molar-refractivity contribution in [3.63, 3.8) is 0 Å². The molecule has 0 fully saturated rings. The molecule has 0 aliphatic heterocycles. The van der Waals surface area contributed by atoms with Gasteiger partial charge in [-0.2, -0.15) is 0 Å². The lowest BCUT2D eigenvalue weighted by Gasteiger charge is -2.19. The van der Waals surface area contributed by atoms with Crippen LogP contribution in [0.3, 0.4) is 0 Å². The number of carbonyl (C=O) groups excluding carboxylic acids is 2. The molecule has 0 aliphatic rings. The van der Waals surface area contributed by atoms with E-state index < -0.39 is 26.5 Å². The maximum Gasteiger partial charge on any atom is 0.472 e. The Morgan fingerprint density at radius 3 is 0.975 bits per heavy atom. The highest BCUT2D eigenvalue weighted by Crippen LogP contribution is 2.43. The number of hydrogen-bond acceptors (Lipinski definition) is 8. The number of unbranched alkanes of at least 4 members (excludes halogenated alkanes) is 47. The summed E-state index contributed by atoms with van der Waals surface area (Å²) in [7, 11) is -4.39. The van der Waals surface area contributed by atoms with Gasteiger partial charge in [0.15, 0.2) is 6.10 Å². The summed E-state index contributed by atoms with van der Waals surface area (Å²) in [6, 6.07) is 0. The van der Waals surface area contributed by atoms with Gasteiger partial charge in [0.05, 0.1) is 13.2 Å². The lowest BCUT2D eigenvalue weighted by molar-refractivity contribution is -0.161. The summed E-state index contributed by atoms with van der Waals surface area (Å²) in [5.74, 6) is -0.807. The van der Waals surface area contributed by atoms with E-state index in [4.69, 9.17) is 24.3 Å². The zero-order valence-corrected chi connectivity index (χ0v) is 53.3. The van der Waals surface area contributed by atoms with Crippen LogP contribution in [-0.2, 0) is 32.7 Å². The van der Waals surface area contributed by atoms with Gasteiger partial charge < -0.3 is 20.1 Å².